The summed E-state index contributed by atoms with van der Waals surface area (Å²) in [5.74, 6) is 1.82. The zero-order chi connectivity index (χ0) is 18.2. The molecule has 0 amide bonds. The van der Waals surface area contributed by atoms with Gasteiger partial charge in [0.05, 0.1) is 11.8 Å². The fourth-order valence-corrected chi connectivity index (χ4v) is 3.24. The van der Waals surface area contributed by atoms with Crippen LogP contribution in [-0.4, -0.2) is 38.6 Å². The van der Waals surface area contributed by atoms with E-state index >= 15 is 0 Å². The summed E-state index contributed by atoms with van der Waals surface area (Å²) in [7, 11) is 0. The van der Waals surface area contributed by atoms with Gasteiger partial charge >= 0.3 is 0 Å². The number of ether oxygens (including phenoxy) is 1. The van der Waals surface area contributed by atoms with E-state index in [9.17, 15) is 0 Å². The summed E-state index contributed by atoms with van der Waals surface area (Å²) in [5.41, 5.74) is 2.13. The van der Waals surface area contributed by atoms with Gasteiger partial charge in [-0.05, 0) is 42.5 Å². The van der Waals surface area contributed by atoms with Gasteiger partial charge in [-0.25, -0.2) is 0 Å². The van der Waals surface area contributed by atoms with Gasteiger partial charge in [0.2, 0.25) is 5.16 Å². The van der Waals surface area contributed by atoms with Crippen molar-refractivity contribution in [3.8, 4) is 11.4 Å². The van der Waals surface area contributed by atoms with E-state index in [1.165, 1.54) is 5.56 Å². The van der Waals surface area contributed by atoms with Crippen molar-refractivity contribution in [1.29, 1.82) is 0 Å². The number of hydrogen-bond acceptors (Lipinski definition) is 6. The van der Waals surface area contributed by atoms with Gasteiger partial charge < -0.3 is 10.1 Å². The van der Waals surface area contributed by atoms with Crippen LogP contribution in [0.15, 0.2) is 59.8 Å². The molecule has 0 aliphatic heterocycles. The van der Waals surface area contributed by atoms with E-state index in [2.05, 4.69) is 26.9 Å². The Balaban J connectivity index is 1.48. The zero-order valence-corrected chi connectivity index (χ0v) is 15.8. The lowest BCUT2D eigenvalue weighted by Crippen LogP contribution is -2.18. The van der Waals surface area contributed by atoms with Gasteiger partial charge in [-0.15, -0.1) is 5.10 Å². The van der Waals surface area contributed by atoms with Crippen molar-refractivity contribution in [2.45, 2.75) is 31.7 Å². The maximum atomic E-state index is 5.85. The molecule has 0 radical (unpaired) electrons. The quantitative estimate of drug-likeness (QED) is 0.461. The molecule has 1 aromatic heterocycles. The van der Waals surface area contributed by atoms with E-state index in [1.807, 2.05) is 62.4 Å². The second kappa shape index (κ2) is 9.35. The minimum atomic E-state index is 0.170. The van der Waals surface area contributed by atoms with Crippen molar-refractivity contribution in [3.05, 3.63) is 60.2 Å². The number of para-hydroxylation sites is 2. The van der Waals surface area contributed by atoms with E-state index in [-0.39, 0.29) is 6.10 Å². The van der Waals surface area contributed by atoms with Crippen molar-refractivity contribution in [1.82, 2.24) is 25.5 Å². The van der Waals surface area contributed by atoms with Gasteiger partial charge in [-0.1, -0.05) is 48.2 Å². The van der Waals surface area contributed by atoms with Gasteiger partial charge in [0.25, 0.3) is 0 Å². The van der Waals surface area contributed by atoms with E-state index in [0.717, 1.165) is 35.4 Å². The highest BCUT2D eigenvalue weighted by Crippen LogP contribution is 2.20. The van der Waals surface area contributed by atoms with Crippen LogP contribution >= 0.6 is 11.8 Å². The maximum absolute atomic E-state index is 5.85. The number of thioether (sulfide) groups is 1. The van der Waals surface area contributed by atoms with Crippen molar-refractivity contribution in [2.24, 2.45) is 0 Å². The third-order valence-electron chi connectivity index (χ3n) is 3.60. The topological polar surface area (TPSA) is 64.9 Å². The molecule has 6 nitrogen and oxygen atoms in total. The summed E-state index contributed by atoms with van der Waals surface area (Å²) >= 11 is 1.63. The number of nitrogens with zero attached hydrogens (tertiary/aromatic N) is 4. The molecule has 0 aliphatic carbocycles. The summed E-state index contributed by atoms with van der Waals surface area (Å²) in [6, 6.07) is 18.1. The molecule has 0 bridgehead atoms. The molecule has 0 unspecified atom stereocenters. The molecule has 1 heterocycles. The Morgan fingerprint density at radius 2 is 1.85 bits per heavy atom. The first-order valence-corrected chi connectivity index (χ1v) is 9.64. The average Bonchev–Trinajstić information content (AvgIpc) is 3.11. The SMILES string of the molecule is CC(C)Oc1ccccc1CNCCSc1nnnn1-c1ccccc1. The number of benzene rings is 2. The molecular formula is C19H23N5OS. The van der Waals surface area contributed by atoms with Gasteiger partial charge in [0.1, 0.15) is 5.75 Å². The fourth-order valence-electron chi connectivity index (χ4n) is 2.46. The van der Waals surface area contributed by atoms with Gasteiger partial charge in [0, 0.05) is 24.4 Å². The summed E-state index contributed by atoms with van der Waals surface area (Å²) in [4.78, 5) is 0. The zero-order valence-electron chi connectivity index (χ0n) is 15.0. The molecule has 0 fully saturated rings. The molecular weight excluding hydrogens is 346 g/mol. The molecule has 0 saturated carbocycles. The Bertz CT molecular complexity index is 806. The fraction of sp³-hybridized carbons (Fsp3) is 0.316. The van der Waals surface area contributed by atoms with Crippen LogP contribution in [0.3, 0.4) is 0 Å². The van der Waals surface area contributed by atoms with Crippen LogP contribution < -0.4 is 10.1 Å². The first-order valence-electron chi connectivity index (χ1n) is 8.66. The highest BCUT2D eigenvalue weighted by molar-refractivity contribution is 7.99. The molecule has 26 heavy (non-hydrogen) atoms. The number of hydrogen-bond donors (Lipinski definition) is 1. The van der Waals surface area contributed by atoms with E-state index in [1.54, 1.807) is 16.4 Å². The summed E-state index contributed by atoms with van der Waals surface area (Å²) in [6.45, 7) is 5.70. The first kappa shape index (κ1) is 18.4. The van der Waals surface area contributed by atoms with Crippen LogP contribution in [0, 0.1) is 0 Å². The Morgan fingerprint density at radius 3 is 2.65 bits per heavy atom. The first-order chi connectivity index (χ1) is 12.7. The molecule has 3 rings (SSSR count). The van der Waals surface area contributed by atoms with Crippen molar-refractivity contribution in [2.75, 3.05) is 12.3 Å². The average molecular weight is 369 g/mol. The highest BCUT2D eigenvalue weighted by Gasteiger charge is 2.08. The molecule has 0 spiro atoms. The Morgan fingerprint density at radius 1 is 1.08 bits per heavy atom. The minimum Gasteiger partial charge on any atom is -0.491 e. The molecule has 2 aromatic carbocycles. The Kier molecular flexibility index (Phi) is 6.62. The predicted molar refractivity (Wildman–Crippen MR) is 104 cm³/mol. The van der Waals surface area contributed by atoms with Gasteiger partial charge in [-0.2, -0.15) is 4.68 Å². The van der Waals surface area contributed by atoms with E-state index < -0.39 is 0 Å². The van der Waals surface area contributed by atoms with Crippen molar-refractivity contribution in [3.63, 3.8) is 0 Å². The third kappa shape index (κ3) is 5.06. The van der Waals surface area contributed by atoms with E-state index in [0.29, 0.717) is 0 Å². The lowest BCUT2D eigenvalue weighted by molar-refractivity contribution is 0.239. The van der Waals surface area contributed by atoms with Crippen LogP contribution in [0.5, 0.6) is 5.75 Å². The second-order valence-corrected chi connectivity index (χ2v) is 7.07. The van der Waals surface area contributed by atoms with Gasteiger partial charge in [-0.3, -0.25) is 0 Å². The molecule has 1 N–H and O–H groups in total. The number of nitrogens with one attached hydrogen (secondary N) is 1. The lowest BCUT2D eigenvalue weighted by atomic mass is 10.2. The number of aromatic nitrogens is 4. The third-order valence-corrected chi connectivity index (χ3v) is 4.52. The molecule has 3 aromatic rings. The lowest BCUT2D eigenvalue weighted by Gasteiger charge is -2.14. The van der Waals surface area contributed by atoms with Crippen molar-refractivity contribution >= 4 is 11.8 Å². The summed E-state index contributed by atoms with van der Waals surface area (Å²) in [5, 5.41) is 16.2. The summed E-state index contributed by atoms with van der Waals surface area (Å²) < 4.78 is 7.61. The summed E-state index contributed by atoms with van der Waals surface area (Å²) in [6.07, 6.45) is 0.170. The number of rotatable bonds is 9. The van der Waals surface area contributed by atoms with Crippen LogP contribution in [0.1, 0.15) is 19.4 Å². The molecule has 136 valence electrons. The van der Waals surface area contributed by atoms with Gasteiger partial charge in [0.15, 0.2) is 0 Å². The normalized spacial score (nSPS) is 11.0. The second-order valence-electron chi connectivity index (χ2n) is 6.01. The minimum absolute atomic E-state index is 0.170. The monoisotopic (exact) mass is 369 g/mol. The van der Waals surface area contributed by atoms with E-state index in [4.69, 9.17) is 4.74 Å². The molecule has 0 atom stereocenters. The Labute approximate surface area is 158 Å². The molecule has 0 saturated heterocycles. The molecule has 0 aliphatic rings. The standard InChI is InChI=1S/C19H23N5OS/c1-15(2)25-18-11-7-6-8-16(18)14-20-12-13-26-19-21-22-23-24(19)17-9-4-3-5-10-17/h3-11,15,20H,12-14H2,1-2H3. The number of tetrazole rings is 1. The highest BCUT2D eigenvalue weighted by atomic mass is 32.2. The van der Waals surface area contributed by atoms with Crippen molar-refractivity contribution < 1.29 is 4.74 Å². The Hall–Kier alpha value is -2.38. The smallest absolute Gasteiger partial charge is 0.214 e. The van der Waals surface area contributed by atoms with Crippen LogP contribution in [0.4, 0.5) is 0 Å². The molecule has 7 heteroatoms. The van der Waals surface area contributed by atoms with Crippen LogP contribution in [-0.2, 0) is 6.54 Å². The largest absolute Gasteiger partial charge is 0.491 e. The maximum Gasteiger partial charge on any atom is 0.214 e. The van der Waals surface area contributed by atoms with Crippen LogP contribution in [0.25, 0.3) is 5.69 Å². The van der Waals surface area contributed by atoms with Crippen LogP contribution in [0.2, 0.25) is 0 Å². The predicted octanol–water partition coefficient (Wildman–Crippen LogP) is 3.33.